The van der Waals surface area contributed by atoms with Gasteiger partial charge < -0.3 is 15.4 Å². The summed E-state index contributed by atoms with van der Waals surface area (Å²) in [6, 6.07) is 5.55. The van der Waals surface area contributed by atoms with Crippen molar-refractivity contribution in [3.8, 4) is 0 Å². The van der Waals surface area contributed by atoms with E-state index in [9.17, 15) is 9.59 Å². The second kappa shape index (κ2) is 5.34. The van der Waals surface area contributed by atoms with Crippen molar-refractivity contribution in [2.45, 2.75) is 57.6 Å². The third kappa shape index (κ3) is 2.98. The zero-order chi connectivity index (χ0) is 16.8. The number of carbonyl (C=O) groups excluding carboxylic acids is 2. The number of hydrogen-bond donors (Lipinski definition) is 2. The average molecular weight is 316 g/mol. The number of nitrogens with one attached hydrogen (secondary N) is 2. The zero-order valence-corrected chi connectivity index (χ0v) is 14.2. The first-order valence-corrected chi connectivity index (χ1v) is 8.10. The smallest absolute Gasteiger partial charge is 0.251 e. The van der Waals surface area contributed by atoms with Crippen LogP contribution >= 0.6 is 0 Å². The molecule has 0 spiro atoms. The molecule has 0 saturated carbocycles. The number of benzene rings is 1. The van der Waals surface area contributed by atoms with Gasteiger partial charge in [-0.25, -0.2) is 0 Å². The Morgan fingerprint density at radius 1 is 1.30 bits per heavy atom. The van der Waals surface area contributed by atoms with Gasteiger partial charge in [-0.3, -0.25) is 9.59 Å². The van der Waals surface area contributed by atoms with Gasteiger partial charge in [0.05, 0.1) is 11.0 Å². The SMILES string of the molecule is CC1(C)CC(NC(=O)c2ccc3c(c2)NC(=O)C3(C)C)CCO1. The molecule has 1 aromatic rings. The van der Waals surface area contributed by atoms with E-state index < -0.39 is 5.41 Å². The van der Waals surface area contributed by atoms with Crippen molar-refractivity contribution in [2.24, 2.45) is 0 Å². The largest absolute Gasteiger partial charge is 0.375 e. The van der Waals surface area contributed by atoms with Gasteiger partial charge in [0.1, 0.15) is 0 Å². The number of rotatable bonds is 2. The molecule has 1 atom stereocenters. The highest BCUT2D eigenvalue weighted by Gasteiger charge is 2.38. The lowest BCUT2D eigenvalue weighted by Crippen LogP contribution is -2.45. The maximum Gasteiger partial charge on any atom is 0.251 e. The molecule has 5 nitrogen and oxygen atoms in total. The monoisotopic (exact) mass is 316 g/mol. The van der Waals surface area contributed by atoms with E-state index in [1.165, 1.54) is 0 Å². The van der Waals surface area contributed by atoms with Gasteiger partial charge in [0.2, 0.25) is 5.91 Å². The van der Waals surface area contributed by atoms with Crippen LogP contribution in [0.3, 0.4) is 0 Å². The van der Waals surface area contributed by atoms with Crippen molar-refractivity contribution < 1.29 is 14.3 Å². The highest BCUT2D eigenvalue weighted by molar-refractivity contribution is 6.07. The Morgan fingerprint density at radius 3 is 2.74 bits per heavy atom. The zero-order valence-electron chi connectivity index (χ0n) is 14.2. The van der Waals surface area contributed by atoms with Crippen molar-refractivity contribution in [1.29, 1.82) is 0 Å². The molecular formula is C18H24N2O3. The van der Waals surface area contributed by atoms with E-state index in [1.54, 1.807) is 12.1 Å². The molecular weight excluding hydrogens is 292 g/mol. The number of carbonyl (C=O) groups is 2. The topological polar surface area (TPSA) is 67.4 Å². The van der Waals surface area contributed by atoms with Crippen LogP contribution < -0.4 is 10.6 Å². The molecule has 1 unspecified atom stereocenters. The van der Waals surface area contributed by atoms with Gasteiger partial charge in [-0.05, 0) is 58.2 Å². The summed E-state index contributed by atoms with van der Waals surface area (Å²) < 4.78 is 5.68. The van der Waals surface area contributed by atoms with Gasteiger partial charge in [0.15, 0.2) is 0 Å². The minimum absolute atomic E-state index is 0.0313. The van der Waals surface area contributed by atoms with Gasteiger partial charge in [-0.2, -0.15) is 0 Å². The normalized spacial score (nSPS) is 24.7. The highest BCUT2D eigenvalue weighted by atomic mass is 16.5. The summed E-state index contributed by atoms with van der Waals surface area (Å²) >= 11 is 0. The summed E-state index contributed by atoms with van der Waals surface area (Å²) in [6.07, 6.45) is 1.62. The summed E-state index contributed by atoms with van der Waals surface area (Å²) in [7, 11) is 0. The maximum atomic E-state index is 12.5. The Kier molecular flexibility index (Phi) is 3.71. The fourth-order valence-electron chi connectivity index (χ4n) is 3.36. The van der Waals surface area contributed by atoms with Gasteiger partial charge in [0.25, 0.3) is 5.91 Å². The molecule has 0 bridgehead atoms. The van der Waals surface area contributed by atoms with E-state index >= 15 is 0 Å². The Bertz CT molecular complexity index is 664. The van der Waals surface area contributed by atoms with Gasteiger partial charge in [-0.1, -0.05) is 6.07 Å². The first kappa shape index (κ1) is 16.0. The molecule has 0 radical (unpaired) electrons. The molecule has 124 valence electrons. The van der Waals surface area contributed by atoms with E-state index in [-0.39, 0.29) is 23.5 Å². The first-order valence-electron chi connectivity index (χ1n) is 8.10. The average Bonchev–Trinajstić information content (AvgIpc) is 2.67. The van der Waals surface area contributed by atoms with E-state index in [1.807, 2.05) is 33.8 Å². The van der Waals surface area contributed by atoms with E-state index in [4.69, 9.17) is 4.74 Å². The molecule has 0 aromatic heterocycles. The van der Waals surface area contributed by atoms with Crippen LogP contribution in [0.15, 0.2) is 18.2 Å². The van der Waals surface area contributed by atoms with Crippen LogP contribution in [0.25, 0.3) is 0 Å². The molecule has 1 saturated heterocycles. The lowest BCUT2D eigenvalue weighted by Gasteiger charge is -2.35. The number of ether oxygens (including phenoxy) is 1. The van der Waals surface area contributed by atoms with E-state index in [2.05, 4.69) is 10.6 Å². The van der Waals surface area contributed by atoms with Crippen molar-refractivity contribution in [2.75, 3.05) is 11.9 Å². The molecule has 0 aliphatic carbocycles. The molecule has 1 aromatic carbocycles. The van der Waals surface area contributed by atoms with Crippen LogP contribution in [0.5, 0.6) is 0 Å². The number of fused-ring (bicyclic) bond motifs is 1. The van der Waals surface area contributed by atoms with Gasteiger partial charge in [0, 0.05) is 23.9 Å². The molecule has 2 heterocycles. The summed E-state index contributed by atoms with van der Waals surface area (Å²) in [6.45, 7) is 8.51. The summed E-state index contributed by atoms with van der Waals surface area (Å²) in [5, 5.41) is 5.94. The van der Waals surface area contributed by atoms with E-state index in [0.29, 0.717) is 12.2 Å². The maximum absolute atomic E-state index is 12.5. The highest BCUT2D eigenvalue weighted by Crippen LogP contribution is 2.37. The van der Waals surface area contributed by atoms with Crippen LogP contribution in [-0.4, -0.2) is 30.1 Å². The number of amides is 2. The molecule has 2 N–H and O–H groups in total. The summed E-state index contributed by atoms with van der Waals surface area (Å²) in [4.78, 5) is 24.5. The second-order valence-corrected chi connectivity index (χ2v) is 7.61. The van der Waals surface area contributed by atoms with Gasteiger partial charge in [-0.15, -0.1) is 0 Å². The standard InChI is InChI=1S/C18H24N2O3/c1-17(2)10-12(7-8-23-17)19-15(21)11-5-6-13-14(9-11)20-16(22)18(13,3)4/h5-6,9,12H,7-8,10H2,1-4H3,(H,19,21)(H,20,22). The molecule has 5 heteroatoms. The summed E-state index contributed by atoms with van der Waals surface area (Å²) in [5.41, 5.74) is 1.50. The third-order valence-corrected chi connectivity index (χ3v) is 4.80. The van der Waals surface area contributed by atoms with Crippen molar-refractivity contribution in [3.05, 3.63) is 29.3 Å². The minimum atomic E-state index is -0.547. The van der Waals surface area contributed by atoms with Crippen molar-refractivity contribution >= 4 is 17.5 Å². The number of anilines is 1. The summed E-state index contributed by atoms with van der Waals surface area (Å²) in [5.74, 6) is -0.134. The van der Waals surface area contributed by atoms with Crippen LogP contribution in [0.1, 0.15) is 56.5 Å². The first-order chi connectivity index (χ1) is 10.7. The fourth-order valence-corrected chi connectivity index (χ4v) is 3.36. The predicted octanol–water partition coefficient (Wildman–Crippen LogP) is 2.60. The van der Waals surface area contributed by atoms with Gasteiger partial charge >= 0.3 is 0 Å². The lowest BCUT2D eigenvalue weighted by molar-refractivity contribution is -0.119. The van der Waals surface area contributed by atoms with E-state index in [0.717, 1.165) is 24.1 Å². The molecule has 2 aliphatic rings. The van der Waals surface area contributed by atoms with Crippen LogP contribution in [-0.2, 0) is 14.9 Å². The quantitative estimate of drug-likeness (QED) is 0.881. The second-order valence-electron chi connectivity index (χ2n) is 7.61. The molecule has 3 rings (SSSR count). The minimum Gasteiger partial charge on any atom is -0.375 e. The molecule has 1 fully saturated rings. The Morgan fingerprint density at radius 2 is 2.04 bits per heavy atom. The molecule has 2 aliphatic heterocycles. The van der Waals surface area contributed by atoms with Crippen molar-refractivity contribution in [3.63, 3.8) is 0 Å². The Balaban J connectivity index is 1.75. The Labute approximate surface area is 136 Å². The van der Waals surface area contributed by atoms with Crippen LogP contribution in [0, 0.1) is 0 Å². The van der Waals surface area contributed by atoms with Crippen LogP contribution in [0.2, 0.25) is 0 Å². The van der Waals surface area contributed by atoms with Crippen molar-refractivity contribution in [1.82, 2.24) is 5.32 Å². The third-order valence-electron chi connectivity index (χ3n) is 4.80. The molecule has 23 heavy (non-hydrogen) atoms. The lowest BCUT2D eigenvalue weighted by atomic mass is 9.86. The Hall–Kier alpha value is -1.88. The predicted molar refractivity (Wildman–Crippen MR) is 88.6 cm³/mol. The van der Waals surface area contributed by atoms with Crippen LogP contribution in [0.4, 0.5) is 5.69 Å². The fraction of sp³-hybridized carbons (Fsp3) is 0.556. The molecule has 2 amide bonds. The number of hydrogen-bond acceptors (Lipinski definition) is 3.